The van der Waals surface area contributed by atoms with Crippen LogP contribution in [0.5, 0.6) is 0 Å². The van der Waals surface area contributed by atoms with Crippen molar-refractivity contribution in [1.82, 2.24) is 0 Å². The number of carbonyl (C=O) groups excluding carboxylic acids is 1. The van der Waals surface area contributed by atoms with Gasteiger partial charge in [-0.2, -0.15) is 0 Å². The molecule has 0 atom stereocenters. The zero-order valence-corrected chi connectivity index (χ0v) is 5.61. The molecule has 0 aliphatic rings. The summed E-state index contributed by atoms with van der Waals surface area (Å²) in [5, 5.41) is 0.289. The molecule has 2 nitrogen and oxygen atoms in total. The molecule has 0 aliphatic heterocycles. The zero-order valence-electron chi connectivity index (χ0n) is 4.85. The van der Waals surface area contributed by atoms with Crippen LogP contribution in [-0.4, -0.2) is 6.29 Å². The Kier molecular flexibility index (Phi) is 1.58. The minimum atomic E-state index is 0.275. The van der Waals surface area contributed by atoms with Crippen molar-refractivity contribution in [1.29, 1.82) is 0 Å². The van der Waals surface area contributed by atoms with Crippen molar-refractivity contribution >= 4 is 17.9 Å². The van der Waals surface area contributed by atoms with Gasteiger partial charge >= 0.3 is 0 Å². The molecular weight excluding hydrogens is 140 g/mol. The molecule has 48 valence electrons. The van der Waals surface area contributed by atoms with E-state index in [1.807, 2.05) is 0 Å². The predicted octanol–water partition coefficient (Wildman–Crippen LogP) is 2.05. The molecule has 9 heavy (non-hydrogen) atoms. The van der Waals surface area contributed by atoms with E-state index in [0.717, 1.165) is 5.56 Å². The Morgan fingerprint density at radius 3 is 2.67 bits per heavy atom. The van der Waals surface area contributed by atoms with Crippen molar-refractivity contribution in [2.45, 2.75) is 6.92 Å². The van der Waals surface area contributed by atoms with Gasteiger partial charge in [0, 0.05) is 5.56 Å². The SMILES string of the molecule is Cc1cc(C=O)oc1Cl. The standard InChI is InChI=1S/C6H5ClO2/c1-4-2-5(3-8)9-6(4)7/h2-3H,1H3. The number of furan rings is 1. The lowest BCUT2D eigenvalue weighted by Gasteiger charge is -1.76. The van der Waals surface area contributed by atoms with Crippen LogP contribution in [-0.2, 0) is 0 Å². The third-order valence-electron chi connectivity index (χ3n) is 0.992. The number of carbonyl (C=O) groups is 1. The molecule has 0 fully saturated rings. The molecule has 0 N–H and O–H groups in total. The lowest BCUT2D eigenvalue weighted by molar-refractivity contribution is 0.110. The molecule has 0 radical (unpaired) electrons. The maximum atomic E-state index is 10.0. The van der Waals surface area contributed by atoms with E-state index in [-0.39, 0.29) is 11.0 Å². The van der Waals surface area contributed by atoms with Gasteiger partial charge in [0.25, 0.3) is 0 Å². The summed E-state index contributed by atoms with van der Waals surface area (Å²) in [5.74, 6) is 0.275. The molecule has 0 aliphatic carbocycles. The molecule has 0 amide bonds. The molecule has 0 saturated heterocycles. The summed E-state index contributed by atoms with van der Waals surface area (Å²) in [6, 6.07) is 1.59. The second kappa shape index (κ2) is 2.23. The molecule has 0 spiro atoms. The quantitative estimate of drug-likeness (QED) is 0.565. The van der Waals surface area contributed by atoms with E-state index in [9.17, 15) is 4.79 Å². The first-order chi connectivity index (χ1) is 4.24. The zero-order chi connectivity index (χ0) is 6.85. The highest BCUT2D eigenvalue weighted by Gasteiger charge is 2.01. The highest BCUT2D eigenvalue weighted by Crippen LogP contribution is 2.17. The van der Waals surface area contributed by atoms with E-state index in [1.165, 1.54) is 0 Å². The first-order valence-corrected chi connectivity index (χ1v) is 2.83. The molecule has 0 bridgehead atoms. The van der Waals surface area contributed by atoms with Crippen molar-refractivity contribution in [2.75, 3.05) is 0 Å². The Morgan fingerprint density at radius 2 is 2.44 bits per heavy atom. The Balaban J connectivity index is 3.11. The van der Waals surface area contributed by atoms with Crippen LogP contribution >= 0.6 is 11.6 Å². The van der Waals surface area contributed by atoms with Gasteiger partial charge in [0.1, 0.15) is 0 Å². The number of halogens is 1. The summed E-state index contributed by atoms with van der Waals surface area (Å²) in [6.07, 6.45) is 0.624. The molecule has 1 heterocycles. The van der Waals surface area contributed by atoms with E-state index in [4.69, 9.17) is 16.0 Å². The Morgan fingerprint density at radius 1 is 1.78 bits per heavy atom. The van der Waals surface area contributed by atoms with Crippen LogP contribution in [0.2, 0.25) is 5.22 Å². The highest BCUT2D eigenvalue weighted by atomic mass is 35.5. The molecule has 3 heteroatoms. The van der Waals surface area contributed by atoms with Gasteiger partial charge in [0.15, 0.2) is 17.3 Å². The second-order valence-corrected chi connectivity index (χ2v) is 2.07. The maximum Gasteiger partial charge on any atom is 0.197 e. The Labute approximate surface area is 57.4 Å². The third kappa shape index (κ3) is 1.13. The average Bonchev–Trinajstić information content (AvgIpc) is 2.13. The summed E-state index contributed by atoms with van der Waals surface area (Å²) < 4.78 is 4.76. The van der Waals surface area contributed by atoms with Gasteiger partial charge < -0.3 is 4.42 Å². The van der Waals surface area contributed by atoms with Crippen molar-refractivity contribution < 1.29 is 9.21 Å². The second-order valence-electron chi connectivity index (χ2n) is 1.72. The number of aryl methyl sites for hydroxylation is 1. The Hall–Kier alpha value is -0.760. The van der Waals surface area contributed by atoms with Gasteiger partial charge in [-0.1, -0.05) is 0 Å². The molecule has 1 aromatic rings. The molecule has 1 aromatic heterocycles. The number of hydrogen-bond donors (Lipinski definition) is 0. The van der Waals surface area contributed by atoms with Crippen molar-refractivity contribution in [3.05, 3.63) is 22.6 Å². The largest absolute Gasteiger partial charge is 0.442 e. The van der Waals surface area contributed by atoms with Crippen molar-refractivity contribution in [3.63, 3.8) is 0 Å². The van der Waals surface area contributed by atoms with E-state index in [0.29, 0.717) is 6.29 Å². The van der Waals surface area contributed by atoms with Crippen LogP contribution in [0.25, 0.3) is 0 Å². The summed E-state index contributed by atoms with van der Waals surface area (Å²) in [6.45, 7) is 1.78. The van der Waals surface area contributed by atoms with Crippen LogP contribution < -0.4 is 0 Å². The number of aldehydes is 1. The first kappa shape index (κ1) is 6.36. The maximum absolute atomic E-state index is 10.0. The molecule has 0 unspecified atom stereocenters. The number of rotatable bonds is 1. The summed E-state index contributed by atoms with van der Waals surface area (Å²) in [4.78, 5) is 10.0. The molecule has 1 rings (SSSR count). The monoisotopic (exact) mass is 144 g/mol. The minimum absolute atomic E-state index is 0.275. The predicted molar refractivity (Wildman–Crippen MR) is 33.8 cm³/mol. The van der Waals surface area contributed by atoms with Crippen molar-refractivity contribution in [2.24, 2.45) is 0 Å². The van der Waals surface area contributed by atoms with Crippen LogP contribution in [0.1, 0.15) is 16.1 Å². The smallest absolute Gasteiger partial charge is 0.197 e. The number of hydrogen-bond acceptors (Lipinski definition) is 2. The lowest BCUT2D eigenvalue weighted by Crippen LogP contribution is -1.66. The van der Waals surface area contributed by atoms with Gasteiger partial charge in [0.2, 0.25) is 0 Å². The fourth-order valence-electron chi connectivity index (χ4n) is 0.542. The van der Waals surface area contributed by atoms with E-state index in [2.05, 4.69) is 0 Å². The molecule has 0 saturated carbocycles. The van der Waals surface area contributed by atoms with Gasteiger partial charge in [0.05, 0.1) is 0 Å². The normalized spacial score (nSPS) is 9.56. The van der Waals surface area contributed by atoms with Gasteiger partial charge in [-0.05, 0) is 24.6 Å². The topological polar surface area (TPSA) is 30.2 Å². The molecular formula is C6H5ClO2. The van der Waals surface area contributed by atoms with Crippen LogP contribution in [0.15, 0.2) is 10.5 Å². The lowest BCUT2D eigenvalue weighted by atomic mass is 10.3. The van der Waals surface area contributed by atoms with Gasteiger partial charge in [-0.25, -0.2) is 0 Å². The van der Waals surface area contributed by atoms with Gasteiger partial charge in [-0.15, -0.1) is 0 Å². The van der Waals surface area contributed by atoms with Gasteiger partial charge in [-0.3, -0.25) is 4.79 Å². The highest BCUT2D eigenvalue weighted by molar-refractivity contribution is 6.29. The van der Waals surface area contributed by atoms with E-state index in [1.54, 1.807) is 13.0 Å². The average molecular weight is 145 g/mol. The first-order valence-electron chi connectivity index (χ1n) is 2.45. The van der Waals surface area contributed by atoms with E-state index >= 15 is 0 Å². The van der Waals surface area contributed by atoms with E-state index < -0.39 is 0 Å². The Bertz CT molecular complexity index is 207. The third-order valence-corrected chi connectivity index (χ3v) is 1.37. The van der Waals surface area contributed by atoms with Crippen LogP contribution in [0.4, 0.5) is 0 Å². The fourth-order valence-corrected chi connectivity index (χ4v) is 0.685. The molecule has 0 aromatic carbocycles. The minimum Gasteiger partial charge on any atom is -0.442 e. The summed E-state index contributed by atoms with van der Waals surface area (Å²) in [5.41, 5.74) is 0.791. The van der Waals surface area contributed by atoms with Crippen molar-refractivity contribution in [3.8, 4) is 0 Å². The van der Waals surface area contributed by atoms with Crippen LogP contribution in [0.3, 0.4) is 0 Å². The van der Waals surface area contributed by atoms with Crippen LogP contribution in [0, 0.1) is 6.92 Å². The summed E-state index contributed by atoms with van der Waals surface area (Å²) >= 11 is 5.48. The fraction of sp³-hybridized carbons (Fsp3) is 0.167. The summed E-state index contributed by atoms with van der Waals surface area (Å²) in [7, 11) is 0.